The molecule has 2 aromatic heterocycles. The Morgan fingerprint density at radius 2 is 2.10 bits per heavy atom. The third-order valence-electron chi connectivity index (χ3n) is 4.78. The van der Waals surface area contributed by atoms with Crippen molar-refractivity contribution in [2.45, 2.75) is 19.5 Å². The quantitative estimate of drug-likeness (QED) is 0.533. The number of aromatic nitrogens is 3. The van der Waals surface area contributed by atoms with Gasteiger partial charge in [-0.25, -0.2) is 0 Å². The number of hydrogen-bond donors (Lipinski definition) is 2. The number of thiophene rings is 1. The van der Waals surface area contributed by atoms with Crippen LogP contribution in [0.1, 0.15) is 12.0 Å². The maximum atomic E-state index is 12.5. The second-order valence-electron chi connectivity index (χ2n) is 6.87. The van der Waals surface area contributed by atoms with Crippen LogP contribution in [0.2, 0.25) is 0 Å². The van der Waals surface area contributed by atoms with E-state index >= 15 is 0 Å². The molecule has 29 heavy (non-hydrogen) atoms. The number of carbonyl (C=O) groups is 1. The standard InChI is InChI=1S/C20H23N5OS3/c26-18(6-7-25-19(22-23-20(25)27)17-5-2-10-29-17)21-16-4-1-3-15(13-16)14-24-8-11-28-12-9-24/h1-5,10,13H,6-9,11-12,14H2,(H,21,26)(H,23,27). The van der Waals surface area contributed by atoms with Crippen molar-refractivity contribution in [2.24, 2.45) is 0 Å². The summed E-state index contributed by atoms with van der Waals surface area (Å²) in [6.45, 7) is 3.66. The Balaban J connectivity index is 1.35. The molecule has 6 nitrogen and oxygen atoms in total. The fourth-order valence-corrected chi connectivity index (χ4v) is 5.25. The molecule has 1 saturated heterocycles. The van der Waals surface area contributed by atoms with E-state index in [0.717, 1.165) is 36.0 Å². The van der Waals surface area contributed by atoms with E-state index in [9.17, 15) is 4.79 Å². The molecule has 3 aromatic rings. The third-order valence-corrected chi connectivity index (χ3v) is 6.90. The average Bonchev–Trinajstić information content (AvgIpc) is 3.37. The molecule has 0 aliphatic carbocycles. The molecule has 1 aliphatic heterocycles. The summed E-state index contributed by atoms with van der Waals surface area (Å²) < 4.78 is 2.41. The molecule has 4 rings (SSSR count). The molecule has 1 amide bonds. The van der Waals surface area contributed by atoms with E-state index in [0.29, 0.717) is 17.7 Å². The summed E-state index contributed by atoms with van der Waals surface area (Å²) in [4.78, 5) is 16.0. The Labute approximate surface area is 183 Å². The van der Waals surface area contributed by atoms with Gasteiger partial charge in [0.05, 0.1) is 4.88 Å². The molecule has 1 fully saturated rings. The summed E-state index contributed by atoms with van der Waals surface area (Å²) in [7, 11) is 0. The van der Waals surface area contributed by atoms with E-state index in [1.54, 1.807) is 11.3 Å². The number of benzene rings is 1. The van der Waals surface area contributed by atoms with Gasteiger partial charge in [-0.05, 0) is 41.4 Å². The minimum atomic E-state index is -0.0308. The zero-order valence-electron chi connectivity index (χ0n) is 16.0. The predicted octanol–water partition coefficient (Wildman–Crippen LogP) is 4.25. The molecule has 0 bridgehead atoms. The lowest BCUT2D eigenvalue weighted by Crippen LogP contribution is -2.31. The first-order valence-corrected chi connectivity index (χ1v) is 12.0. The largest absolute Gasteiger partial charge is 0.326 e. The highest BCUT2D eigenvalue weighted by molar-refractivity contribution is 7.99. The molecule has 1 aromatic carbocycles. The molecule has 152 valence electrons. The van der Waals surface area contributed by atoms with E-state index in [4.69, 9.17) is 12.2 Å². The molecule has 0 spiro atoms. The minimum absolute atomic E-state index is 0.0308. The van der Waals surface area contributed by atoms with Gasteiger partial charge in [0.15, 0.2) is 10.6 Å². The first kappa shape index (κ1) is 20.3. The van der Waals surface area contributed by atoms with Crippen LogP contribution in [0.25, 0.3) is 10.7 Å². The van der Waals surface area contributed by atoms with Crippen LogP contribution in [0.4, 0.5) is 5.69 Å². The van der Waals surface area contributed by atoms with Crippen LogP contribution in [-0.2, 0) is 17.9 Å². The number of hydrogen-bond acceptors (Lipinski definition) is 6. The number of H-pyrrole nitrogens is 1. The maximum Gasteiger partial charge on any atom is 0.226 e. The fourth-order valence-electron chi connectivity index (χ4n) is 3.32. The highest BCUT2D eigenvalue weighted by atomic mass is 32.2. The monoisotopic (exact) mass is 445 g/mol. The van der Waals surface area contributed by atoms with Gasteiger partial charge < -0.3 is 5.32 Å². The Bertz CT molecular complexity index is 1010. The Morgan fingerprint density at radius 3 is 2.90 bits per heavy atom. The second kappa shape index (κ2) is 9.71. The zero-order chi connectivity index (χ0) is 20.1. The molecule has 2 N–H and O–H groups in total. The van der Waals surface area contributed by atoms with Crippen molar-refractivity contribution in [3.63, 3.8) is 0 Å². The smallest absolute Gasteiger partial charge is 0.226 e. The van der Waals surface area contributed by atoms with E-state index in [1.165, 1.54) is 17.1 Å². The van der Waals surface area contributed by atoms with Gasteiger partial charge in [0.2, 0.25) is 5.91 Å². The molecule has 3 heterocycles. The molecular weight excluding hydrogens is 422 g/mol. The Hall–Kier alpha value is -1.94. The van der Waals surface area contributed by atoms with Gasteiger partial charge in [-0.3, -0.25) is 19.4 Å². The second-order valence-corrected chi connectivity index (χ2v) is 9.43. The van der Waals surface area contributed by atoms with E-state index < -0.39 is 0 Å². The van der Waals surface area contributed by atoms with Crippen molar-refractivity contribution in [3.8, 4) is 10.7 Å². The van der Waals surface area contributed by atoms with Gasteiger partial charge in [-0.15, -0.1) is 11.3 Å². The van der Waals surface area contributed by atoms with E-state index in [-0.39, 0.29) is 5.91 Å². The summed E-state index contributed by atoms with van der Waals surface area (Å²) in [6.07, 6.45) is 0.333. The normalized spacial score (nSPS) is 14.8. The van der Waals surface area contributed by atoms with Gasteiger partial charge in [0.25, 0.3) is 0 Å². The minimum Gasteiger partial charge on any atom is -0.326 e. The number of rotatable bonds is 7. The van der Waals surface area contributed by atoms with Crippen LogP contribution >= 0.6 is 35.3 Å². The summed E-state index contributed by atoms with van der Waals surface area (Å²) in [5.74, 6) is 3.14. The molecule has 1 aliphatic rings. The molecule has 9 heteroatoms. The van der Waals surface area contributed by atoms with Crippen LogP contribution in [0.5, 0.6) is 0 Å². The first-order valence-electron chi connectivity index (χ1n) is 9.57. The van der Waals surface area contributed by atoms with E-state index in [2.05, 4.69) is 32.5 Å². The lowest BCUT2D eigenvalue weighted by Gasteiger charge is -2.26. The van der Waals surface area contributed by atoms with Crippen LogP contribution in [0.3, 0.4) is 0 Å². The number of carbonyl (C=O) groups excluding carboxylic acids is 1. The van der Waals surface area contributed by atoms with Gasteiger partial charge in [0.1, 0.15) is 0 Å². The Kier molecular flexibility index (Phi) is 6.81. The van der Waals surface area contributed by atoms with Crippen molar-refractivity contribution >= 4 is 46.9 Å². The first-order chi connectivity index (χ1) is 14.2. The lowest BCUT2D eigenvalue weighted by atomic mass is 10.2. The number of anilines is 1. The van der Waals surface area contributed by atoms with Crippen molar-refractivity contribution in [1.29, 1.82) is 0 Å². The third kappa shape index (κ3) is 5.36. The summed E-state index contributed by atoms with van der Waals surface area (Å²) >= 11 is 8.95. The van der Waals surface area contributed by atoms with Crippen LogP contribution in [0.15, 0.2) is 41.8 Å². The molecule has 0 unspecified atom stereocenters. The van der Waals surface area contributed by atoms with Crippen molar-refractivity contribution in [2.75, 3.05) is 29.9 Å². The van der Waals surface area contributed by atoms with Gasteiger partial charge in [-0.2, -0.15) is 16.9 Å². The lowest BCUT2D eigenvalue weighted by molar-refractivity contribution is -0.116. The highest BCUT2D eigenvalue weighted by Crippen LogP contribution is 2.23. The topological polar surface area (TPSA) is 66.0 Å². The summed E-state index contributed by atoms with van der Waals surface area (Å²) in [5.41, 5.74) is 2.07. The number of nitrogens with zero attached hydrogens (tertiary/aromatic N) is 3. The van der Waals surface area contributed by atoms with Crippen LogP contribution in [0, 0.1) is 4.77 Å². The number of nitrogens with one attached hydrogen (secondary N) is 2. The fraction of sp³-hybridized carbons (Fsp3) is 0.350. The highest BCUT2D eigenvalue weighted by Gasteiger charge is 2.13. The number of aromatic amines is 1. The maximum absolute atomic E-state index is 12.5. The SMILES string of the molecule is O=C(CCn1c(-c2cccs2)n[nH]c1=S)Nc1cccc(CN2CCSCC2)c1. The predicted molar refractivity (Wildman–Crippen MR) is 123 cm³/mol. The summed E-state index contributed by atoms with van der Waals surface area (Å²) in [5, 5.41) is 12.2. The average molecular weight is 446 g/mol. The van der Waals surface area contributed by atoms with Crippen molar-refractivity contribution in [3.05, 3.63) is 52.1 Å². The Morgan fingerprint density at radius 1 is 1.24 bits per heavy atom. The van der Waals surface area contributed by atoms with Crippen LogP contribution < -0.4 is 5.32 Å². The van der Waals surface area contributed by atoms with Gasteiger partial charge >= 0.3 is 0 Å². The van der Waals surface area contributed by atoms with Gasteiger partial charge in [0, 0.05) is 49.8 Å². The zero-order valence-corrected chi connectivity index (χ0v) is 18.4. The molecular formula is C20H23N5OS3. The number of thioether (sulfide) groups is 1. The van der Waals surface area contributed by atoms with Gasteiger partial charge in [-0.1, -0.05) is 18.2 Å². The summed E-state index contributed by atoms with van der Waals surface area (Å²) in [6, 6.07) is 12.1. The number of amides is 1. The molecule has 0 saturated carbocycles. The van der Waals surface area contributed by atoms with Crippen LogP contribution in [-0.4, -0.2) is 50.2 Å². The molecule has 0 radical (unpaired) electrons. The van der Waals surface area contributed by atoms with Crippen molar-refractivity contribution < 1.29 is 4.79 Å². The van der Waals surface area contributed by atoms with Crippen molar-refractivity contribution in [1.82, 2.24) is 19.7 Å². The molecule has 0 atom stereocenters. The van der Waals surface area contributed by atoms with E-state index in [1.807, 2.05) is 46.0 Å².